The van der Waals surface area contributed by atoms with Crippen LogP contribution in [0.3, 0.4) is 0 Å². The first-order valence-corrected chi connectivity index (χ1v) is 5.39. The van der Waals surface area contributed by atoms with Gasteiger partial charge in [-0.1, -0.05) is 0 Å². The molecule has 0 atom stereocenters. The zero-order valence-electron chi connectivity index (χ0n) is 9.63. The number of hydrogen-bond acceptors (Lipinski definition) is 5. The van der Waals surface area contributed by atoms with Crippen LogP contribution in [-0.2, 0) is 6.54 Å². The Kier molecular flexibility index (Phi) is 3.83. The van der Waals surface area contributed by atoms with Gasteiger partial charge in [0, 0.05) is 30.7 Å². The fraction of sp³-hybridized carbons (Fsp3) is 0.0833. The number of carbonyl (C=O) groups is 1. The molecule has 0 saturated carbocycles. The second-order valence-corrected chi connectivity index (χ2v) is 3.61. The Morgan fingerprint density at radius 3 is 2.72 bits per heavy atom. The van der Waals surface area contributed by atoms with E-state index >= 15 is 0 Å². The van der Waals surface area contributed by atoms with Gasteiger partial charge in [0.2, 0.25) is 0 Å². The summed E-state index contributed by atoms with van der Waals surface area (Å²) in [5, 5.41) is 2.80. The van der Waals surface area contributed by atoms with E-state index in [1.807, 2.05) is 12.1 Å². The van der Waals surface area contributed by atoms with E-state index in [1.165, 1.54) is 6.20 Å². The first-order chi connectivity index (χ1) is 8.79. The predicted molar refractivity (Wildman–Crippen MR) is 67.5 cm³/mol. The highest BCUT2D eigenvalue weighted by Gasteiger charge is 2.06. The van der Waals surface area contributed by atoms with Crippen LogP contribution < -0.4 is 16.6 Å². The second-order valence-electron chi connectivity index (χ2n) is 3.61. The number of nitrogens with zero attached hydrogens (tertiary/aromatic N) is 2. The zero-order chi connectivity index (χ0) is 12.8. The molecule has 2 rings (SSSR count). The second kappa shape index (κ2) is 5.74. The van der Waals surface area contributed by atoms with Crippen LogP contribution in [0.4, 0.5) is 5.82 Å². The molecule has 0 radical (unpaired) electrons. The maximum Gasteiger partial charge on any atom is 0.251 e. The molecular formula is C12H13N5O. The molecule has 1 amide bonds. The molecule has 0 spiro atoms. The number of anilines is 1. The summed E-state index contributed by atoms with van der Waals surface area (Å²) in [6.45, 7) is 0.453. The lowest BCUT2D eigenvalue weighted by molar-refractivity contribution is 0.0951. The number of hydrazine groups is 1. The Hall–Kier alpha value is -2.47. The van der Waals surface area contributed by atoms with E-state index in [4.69, 9.17) is 5.84 Å². The van der Waals surface area contributed by atoms with Gasteiger partial charge >= 0.3 is 0 Å². The molecule has 18 heavy (non-hydrogen) atoms. The first kappa shape index (κ1) is 12.0. The van der Waals surface area contributed by atoms with Gasteiger partial charge in [0.05, 0.1) is 0 Å². The van der Waals surface area contributed by atoms with E-state index in [9.17, 15) is 4.79 Å². The van der Waals surface area contributed by atoms with Crippen molar-refractivity contribution in [2.75, 3.05) is 5.43 Å². The van der Waals surface area contributed by atoms with Crippen molar-refractivity contribution in [2.45, 2.75) is 6.54 Å². The standard InChI is InChI=1S/C12H13N5O/c13-17-11-7-10(3-6-15-11)12(18)16-8-9-1-4-14-5-2-9/h1-7H,8,13H2,(H,15,17)(H,16,18). The van der Waals surface area contributed by atoms with Gasteiger partial charge in [-0.15, -0.1) is 0 Å². The van der Waals surface area contributed by atoms with Gasteiger partial charge in [0.1, 0.15) is 5.82 Å². The van der Waals surface area contributed by atoms with Gasteiger partial charge < -0.3 is 10.7 Å². The Morgan fingerprint density at radius 2 is 2.00 bits per heavy atom. The number of nitrogen functional groups attached to an aromatic ring is 1. The van der Waals surface area contributed by atoms with E-state index in [-0.39, 0.29) is 5.91 Å². The maximum atomic E-state index is 11.9. The summed E-state index contributed by atoms with van der Waals surface area (Å²) in [7, 11) is 0. The minimum Gasteiger partial charge on any atom is -0.348 e. The Balaban J connectivity index is 1.99. The van der Waals surface area contributed by atoms with Crippen LogP contribution >= 0.6 is 0 Å². The molecular weight excluding hydrogens is 230 g/mol. The highest BCUT2D eigenvalue weighted by molar-refractivity contribution is 5.94. The lowest BCUT2D eigenvalue weighted by Crippen LogP contribution is -2.23. The van der Waals surface area contributed by atoms with Gasteiger partial charge in [-0.2, -0.15) is 0 Å². The summed E-state index contributed by atoms with van der Waals surface area (Å²) < 4.78 is 0. The molecule has 0 aliphatic carbocycles. The Morgan fingerprint density at radius 1 is 1.22 bits per heavy atom. The van der Waals surface area contributed by atoms with Crippen molar-refractivity contribution in [1.82, 2.24) is 15.3 Å². The molecule has 0 aromatic carbocycles. The monoisotopic (exact) mass is 243 g/mol. The Labute approximate surface area is 104 Å². The molecule has 6 heteroatoms. The topological polar surface area (TPSA) is 92.9 Å². The van der Waals surface area contributed by atoms with Crippen molar-refractivity contribution < 1.29 is 4.79 Å². The average molecular weight is 243 g/mol. The smallest absolute Gasteiger partial charge is 0.251 e. The molecule has 2 heterocycles. The lowest BCUT2D eigenvalue weighted by atomic mass is 10.2. The van der Waals surface area contributed by atoms with Crippen LogP contribution in [0.5, 0.6) is 0 Å². The number of carbonyl (C=O) groups excluding carboxylic acids is 1. The van der Waals surface area contributed by atoms with Gasteiger partial charge in [-0.05, 0) is 29.8 Å². The quantitative estimate of drug-likeness (QED) is 0.542. The molecule has 0 bridgehead atoms. The SMILES string of the molecule is NNc1cc(C(=O)NCc2ccncc2)ccn1. The van der Waals surface area contributed by atoms with E-state index in [2.05, 4.69) is 20.7 Å². The molecule has 0 fully saturated rings. The number of pyridine rings is 2. The summed E-state index contributed by atoms with van der Waals surface area (Å²) in [5.41, 5.74) is 3.89. The number of rotatable bonds is 4. The summed E-state index contributed by atoms with van der Waals surface area (Å²) in [4.78, 5) is 19.7. The lowest BCUT2D eigenvalue weighted by Gasteiger charge is -2.06. The fourth-order valence-corrected chi connectivity index (χ4v) is 1.44. The number of nitrogens with two attached hydrogens (primary N) is 1. The highest BCUT2D eigenvalue weighted by Crippen LogP contribution is 2.05. The van der Waals surface area contributed by atoms with E-state index in [0.29, 0.717) is 17.9 Å². The van der Waals surface area contributed by atoms with E-state index in [1.54, 1.807) is 24.5 Å². The summed E-state index contributed by atoms with van der Waals surface area (Å²) in [5.74, 6) is 5.51. The van der Waals surface area contributed by atoms with Crippen molar-refractivity contribution in [2.24, 2.45) is 5.84 Å². The molecule has 4 N–H and O–H groups in total. The van der Waals surface area contributed by atoms with Crippen LogP contribution in [0.25, 0.3) is 0 Å². The summed E-state index contributed by atoms with van der Waals surface area (Å²) >= 11 is 0. The minimum atomic E-state index is -0.175. The first-order valence-electron chi connectivity index (χ1n) is 5.39. The maximum absolute atomic E-state index is 11.9. The van der Waals surface area contributed by atoms with Crippen LogP contribution in [0, 0.1) is 0 Å². The number of hydrogen-bond donors (Lipinski definition) is 3. The Bertz CT molecular complexity index is 529. The van der Waals surface area contributed by atoms with Crippen LogP contribution in [0.2, 0.25) is 0 Å². The fourth-order valence-electron chi connectivity index (χ4n) is 1.44. The van der Waals surface area contributed by atoms with Crippen molar-refractivity contribution in [3.8, 4) is 0 Å². The van der Waals surface area contributed by atoms with Crippen molar-refractivity contribution in [1.29, 1.82) is 0 Å². The molecule has 6 nitrogen and oxygen atoms in total. The average Bonchev–Trinajstić information content (AvgIpc) is 2.46. The van der Waals surface area contributed by atoms with Gasteiger partial charge in [-0.25, -0.2) is 10.8 Å². The summed E-state index contributed by atoms with van der Waals surface area (Å²) in [6.07, 6.45) is 4.89. The number of amides is 1. The predicted octanol–water partition coefficient (Wildman–Crippen LogP) is 0.692. The van der Waals surface area contributed by atoms with Gasteiger partial charge in [-0.3, -0.25) is 9.78 Å². The van der Waals surface area contributed by atoms with Crippen LogP contribution in [0.1, 0.15) is 15.9 Å². The van der Waals surface area contributed by atoms with E-state index < -0.39 is 0 Å². The normalized spacial score (nSPS) is 9.83. The van der Waals surface area contributed by atoms with Crippen LogP contribution in [0.15, 0.2) is 42.9 Å². The van der Waals surface area contributed by atoms with Crippen molar-refractivity contribution in [3.05, 3.63) is 54.0 Å². The zero-order valence-corrected chi connectivity index (χ0v) is 9.63. The van der Waals surface area contributed by atoms with Crippen molar-refractivity contribution >= 4 is 11.7 Å². The molecule has 0 unspecified atom stereocenters. The number of nitrogens with one attached hydrogen (secondary N) is 2. The minimum absolute atomic E-state index is 0.175. The highest BCUT2D eigenvalue weighted by atomic mass is 16.1. The number of aromatic nitrogens is 2. The molecule has 0 aliphatic rings. The van der Waals surface area contributed by atoms with Gasteiger partial charge in [0.25, 0.3) is 5.91 Å². The van der Waals surface area contributed by atoms with Gasteiger partial charge in [0.15, 0.2) is 0 Å². The molecule has 0 aliphatic heterocycles. The molecule has 92 valence electrons. The van der Waals surface area contributed by atoms with E-state index in [0.717, 1.165) is 5.56 Å². The summed E-state index contributed by atoms with van der Waals surface area (Å²) in [6, 6.07) is 6.91. The third-order valence-electron chi connectivity index (χ3n) is 2.37. The molecule has 2 aromatic rings. The third-order valence-corrected chi connectivity index (χ3v) is 2.37. The largest absolute Gasteiger partial charge is 0.348 e. The molecule has 2 aromatic heterocycles. The van der Waals surface area contributed by atoms with Crippen molar-refractivity contribution in [3.63, 3.8) is 0 Å². The molecule has 0 saturated heterocycles. The van der Waals surface area contributed by atoms with Crippen LogP contribution in [-0.4, -0.2) is 15.9 Å². The third kappa shape index (κ3) is 3.02.